The fourth-order valence-corrected chi connectivity index (χ4v) is 2.65. The molecule has 4 nitrogen and oxygen atoms in total. The highest BCUT2D eigenvalue weighted by Gasteiger charge is 2.18. The third-order valence-electron chi connectivity index (χ3n) is 3.63. The van der Waals surface area contributed by atoms with Crippen LogP contribution in [0.2, 0.25) is 0 Å². The molecule has 1 atom stereocenters. The van der Waals surface area contributed by atoms with E-state index < -0.39 is 0 Å². The lowest BCUT2D eigenvalue weighted by molar-refractivity contribution is -0.117. The van der Waals surface area contributed by atoms with Gasteiger partial charge in [0.15, 0.2) is 0 Å². The van der Waals surface area contributed by atoms with E-state index in [1.54, 1.807) is 0 Å². The van der Waals surface area contributed by atoms with Gasteiger partial charge in [-0.15, -0.1) is 0 Å². The van der Waals surface area contributed by atoms with Crippen LogP contribution < -0.4 is 11.1 Å². The molecule has 1 saturated heterocycles. The van der Waals surface area contributed by atoms with Crippen molar-refractivity contribution in [3.8, 4) is 0 Å². The number of piperidine rings is 1. The van der Waals surface area contributed by atoms with Crippen LogP contribution in [0.25, 0.3) is 0 Å². The van der Waals surface area contributed by atoms with Crippen molar-refractivity contribution in [3.63, 3.8) is 0 Å². The summed E-state index contributed by atoms with van der Waals surface area (Å²) in [5.74, 6) is 0.752. The van der Waals surface area contributed by atoms with Crippen LogP contribution in [0.15, 0.2) is 18.2 Å². The first-order chi connectivity index (χ1) is 9.04. The average Bonchev–Trinajstić information content (AvgIpc) is 2.33. The maximum Gasteiger partial charge on any atom is 0.238 e. The van der Waals surface area contributed by atoms with E-state index in [9.17, 15) is 4.79 Å². The molecule has 0 unspecified atom stereocenters. The molecule has 0 aliphatic carbocycles. The lowest BCUT2D eigenvalue weighted by Gasteiger charge is -2.30. The first-order valence-corrected chi connectivity index (χ1v) is 6.93. The third kappa shape index (κ3) is 3.96. The van der Waals surface area contributed by atoms with Crippen molar-refractivity contribution in [2.45, 2.75) is 26.7 Å². The van der Waals surface area contributed by atoms with E-state index in [1.165, 1.54) is 12.8 Å². The molecule has 1 aromatic rings. The number of hydrogen-bond acceptors (Lipinski definition) is 3. The number of benzene rings is 1. The molecule has 0 aromatic heterocycles. The van der Waals surface area contributed by atoms with Gasteiger partial charge < -0.3 is 11.1 Å². The molecule has 19 heavy (non-hydrogen) atoms. The molecule has 104 valence electrons. The molecule has 1 aliphatic rings. The van der Waals surface area contributed by atoms with Crippen molar-refractivity contribution in [2.24, 2.45) is 5.92 Å². The van der Waals surface area contributed by atoms with Crippen molar-refractivity contribution < 1.29 is 4.79 Å². The molecule has 4 heteroatoms. The van der Waals surface area contributed by atoms with Gasteiger partial charge in [-0.1, -0.05) is 6.92 Å². The number of nitrogens with zero attached hydrogens (tertiary/aromatic N) is 1. The summed E-state index contributed by atoms with van der Waals surface area (Å²) in [7, 11) is 0. The van der Waals surface area contributed by atoms with E-state index in [1.807, 2.05) is 25.1 Å². The molecular weight excluding hydrogens is 238 g/mol. The molecule has 2 rings (SSSR count). The number of amides is 1. The molecule has 0 saturated carbocycles. The minimum atomic E-state index is 0.0574. The Bertz CT molecular complexity index is 459. The van der Waals surface area contributed by atoms with Crippen LogP contribution in [-0.2, 0) is 4.79 Å². The van der Waals surface area contributed by atoms with Crippen molar-refractivity contribution >= 4 is 17.3 Å². The first-order valence-electron chi connectivity index (χ1n) is 6.93. The molecule has 1 heterocycles. The molecule has 0 radical (unpaired) electrons. The zero-order valence-corrected chi connectivity index (χ0v) is 11.8. The van der Waals surface area contributed by atoms with Crippen molar-refractivity contribution in [1.29, 1.82) is 0 Å². The monoisotopic (exact) mass is 261 g/mol. The zero-order chi connectivity index (χ0) is 13.8. The average molecular weight is 261 g/mol. The van der Waals surface area contributed by atoms with Gasteiger partial charge in [0.05, 0.1) is 6.54 Å². The maximum atomic E-state index is 12.0. The summed E-state index contributed by atoms with van der Waals surface area (Å²) >= 11 is 0. The molecule has 1 fully saturated rings. The molecule has 0 spiro atoms. The highest BCUT2D eigenvalue weighted by molar-refractivity contribution is 5.93. The van der Waals surface area contributed by atoms with Crippen LogP contribution in [0.1, 0.15) is 25.3 Å². The number of likely N-dealkylation sites (tertiary alicyclic amines) is 1. The Hall–Kier alpha value is -1.55. The van der Waals surface area contributed by atoms with Gasteiger partial charge >= 0.3 is 0 Å². The Balaban J connectivity index is 1.90. The van der Waals surface area contributed by atoms with Gasteiger partial charge in [0.2, 0.25) is 5.91 Å². The Morgan fingerprint density at radius 1 is 1.53 bits per heavy atom. The summed E-state index contributed by atoms with van der Waals surface area (Å²) in [6.45, 7) is 6.73. The van der Waals surface area contributed by atoms with Crippen molar-refractivity contribution in [2.75, 3.05) is 30.7 Å². The van der Waals surface area contributed by atoms with Crippen molar-refractivity contribution in [3.05, 3.63) is 23.8 Å². The Labute approximate surface area is 115 Å². The number of aryl methyl sites for hydroxylation is 1. The zero-order valence-electron chi connectivity index (χ0n) is 11.8. The highest BCUT2D eigenvalue weighted by atomic mass is 16.2. The second kappa shape index (κ2) is 6.06. The normalized spacial score (nSPS) is 20.2. The molecule has 1 aliphatic heterocycles. The second-order valence-electron chi connectivity index (χ2n) is 5.61. The number of anilines is 2. The second-order valence-corrected chi connectivity index (χ2v) is 5.61. The van der Waals surface area contributed by atoms with Gasteiger partial charge in [0, 0.05) is 17.9 Å². The molecule has 3 N–H and O–H groups in total. The van der Waals surface area contributed by atoms with Gasteiger partial charge in [-0.3, -0.25) is 9.69 Å². The van der Waals surface area contributed by atoms with Crippen LogP contribution in [0.4, 0.5) is 11.4 Å². The van der Waals surface area contributed by atoms with Crippen LogP contribution in [-0.4, -0.2) is 30.4 Å². The number of rotatable bonds is 3. The van der Waals surface area contributed by atoms with Gasteiger partial charge in [0.25, 0.3) is 0 Å². The summed E-state index contributed by atoms with van der Waals surface area (Å²) in [6, 6.07) is 5.55. The van der Waals surface area contributed by atoms with Gasteiger partial charge in [-0.25, -0.2) is 0 Å². The van der Waals surface area contributed by atoms with Gasteiger partial charge in [-0.05, 0) is 56.0 Å². The molecule has 0 bridgehead atoms. The van der Waals surface area contributed by atoms with E-state index >= 15 is 0 Å². The summed E-state index contributed by atoms with van der Waals surface area (Å²) < 4.78 is 0. The summed E-state index contributed by atoms with van der Waals surface area (Å²) in [5.41, 5.74) is 8.28. The summed E-state index contributed by atoms with van der Waals surface area (Å²) in [4.78, 5) is 14.3. The smallest absolute Gasteiger partial charge is 0.238 e. The summed E-state index contributed by atoms with van der Waals surface area (Å²) in [6.07, 6.45) is 2.46. The molecule has 1 aromatic carbocycles. The van der Waals surface area contributed by atoms with Crippen LogP contribution in [0.3, 0.4) is 0 Å². The van der Waals surface area contributed by atoms with Crippen LogP contribution in [0, 0.1) is 12.8 Å². The highest BCUT2D eigenvalue weighted by Crippen LogP contribution is 2.18. The number of carbonyl (C=O) groups is 1. The van der Waals surface area contributed by atoms with E-state index in [2.05, 4.69) is 17.1 Å². The fraction of sp³-hybridized carbons (Fsp3) is 0.533. The van der Waals surface area contributed by atoms with Crippen LogP contribution >= 0.6 is 0 Å². The van der Waals surface area contributed by atoms with Gasteiger partial charge in [0.1, 0.15) is 0 Å². The van der Waals surface area contributed by atoms with E-state index in [4.69, 9.17) is 5.73 Å². The number of nitrogens with one attached hydrogen (secondary N) is 1. The predicted octanol–water partition coefficient (Wildman–Crippen LogP) is 2.25. The lowest BCUT2D eigenvalue weighted by Crippen LogP contribution is -2.39. The minimum Gasteiger partial charge on any atom is -0.399 e. The largest absolute Gasteiger partial charge is 0.399 e. The van der Waals surface area contributed by atoms with E-state index in [0.29, 0.717) is 12.5 Å². The number of nitrogens with two attached hydrogens (primary N) is 1. The lowest BCUT2D eigenvalue weighted by atomic mass is 10.0. The van der Waals surface area contributed by atoms with Gasteiger partial charge in [-0.2, -0.15) is 0 Å². The number of hydrogen-bond donors (Lipinski definition) is 2. The fourth-order valence-electron chi connectivity index (χ4n) is 2.65. The van der Waals surface area contributed by atoms with Crippen LogP contribution in [0.5, 0.6) is 0 Å². The Morgan fingerprint density at radius 2 is 2.32 bits per heavy atom. The van der Waals surface area contributed by atoms with E-state index in [0.717, 1.165) is 30.0 Å². The summed E-state index contributed by atoms with van der Waals surface area (Å²) in [5, 5.41) is 2.96. The Kier molecular flexibility index (Phi) is 4.43. The van der Waals surface area contributed by atoms with E-state index in [-0.39, 0.29) is 5.91 Å². The maximum absolute atomic E-state index is 12.0. The SMILES string of the molecule is Cc1cc(N)ccc1NC(=O)CN1CCC[C@H](C)C1. The first kappa shape index (κ1) is 13.9. The quantitative estimate of drug-likeness (QED) is 0.820. The molecular formula is C15H23N3O. The standard InChI is InChI=1S/C15H23N3O/c1-11-4-3-7-18(9-11)10-15(19)17-14-6-5-13(16)8-12(14)2/h5-6,8,11H,3-4,7,9-10,16H2,1-2H3,(H,17,19)/t11-/m0/s1. The predicted molar refractivity (Wildman–Crippen MR) is 79.1 cm³/mol. The minimum absolute atomic E-state index is 0.0574. The molecule has 1 amide bonds. The number of nitrogen functional groups attached to an aromatic ring is 1. The number of carbonyl (C=O) groups excluding carboxylic acids is 1. The van der Waals surface area contributed by atoms with Crippen molar-refractivity contribution in [1.82, 2.24) is 4.90 Å². The Morgan fingerprint density at radius 3 is 3.00 bits per heavy atom. The third-order valence-corrected chi connectivity index (χ3v) is 3.63. The topological polar surface area (TPSA) is 58.4 Å².